The second-order valence-electron chi connectivity index (χ2n) is 6.73. The van der Waals surface area contributed by atoms with Gasteiger partial charge in [0.1, 0.15) is 0 Å². The highest BCUT2D eigenvalue weighted by Crippen LogP contribution is 2.26. The highest BCUT2D eigenvalue weighted by Gasteiger charge is 2.25. The summed E-state index contributed by atoms with van der Waals surface area (Å²) in [6.45, 7) is 0.400. The maximum absolute atomic E-state index is 12.3. The molecule has 0 bridgehead atoms. The number of nitrogens with one attached hydrogen (secondary N) is 2. The average molecular weight is 425 g/mol. The molecule has 28 heavy (non-hydrogen) atoms. The Labute approximate surface area is 177 Å². The number of nitrogens with zero attached hydrogens (tertiary/aromatic N) is 1. The fraction of sp³-hybridized carbons (Fsp3) is 0.350. The number of halogens is 2. The van der Waals surface area contributed by atoms with Crippen molar-refractivity contribution < 1.29 is 9.59 Å². The summed E-state index contributed by atoms with van der Waals surface area (Å²) in [5.74, 6) is 0.104. The molecular formula is C20H26Cl2N4O2. The van der Waals surface area contributed by atoms with E-state index >= 15 is 0 Å². The van der Waals surface area contributed by atoms with Crippen molar-refractivity contribution in [1.29, 1.82) is 0 Å². The van der Waals surface area contributed by atoms with Crippen LogP contribution in [0.15, 0.2) is 48.8 Å². The summed E-state index contributed by atoms with van der Waals surface area (Å²) in [4.78, 5) is 28.4. The maximum atomic E-state index is 12.3. The van der Waals surface area contributed by atoms with Crippen LogP contribution in [0.25, 0.3) is 0 Å². The molecule has 0 radical (unpaired) electrons. The van der Waals surface area contributed by atoms with Crippen LogP contribution in [0.1, 0.15) is 41.6 Å². The van der Waals surface area contributed by atoms with Crippen molar-refractivity contribution in [1.82, 2.24) is 10.3 Å². The molecule has 1 heterocycles. The van der Waals surface area contributed by atoms with Gasteiger partial charge in [0.05, 0.1) is 0 Å². The molecular weight excluding hydrogens is 399 g/mol. The van der Waals surface area contributed by atoms with Gasteiger partial charge in [0, 0.05) is 42.7 Å². The number of pyridine rings is 1. The molecule has 0 aliphatic heterocycles. The average Bonchev–Trinajstić information content (AvgIpc) is 3.06. The second kappa shape index (κ2) is 11.6. The van der Waals surface area contributed by atoms with Crippen LogP contribution >= 0.6 is 24.8 Å². The number of carbonyl (C=O) groups is 2. The molecule has 1 aromatic heterocycles. The van der Waals surface area contributed by atoms with Crippen LogP contribution in [0.3, 0.4) is 0 Å². The van der Waals surface area contributed by atoms with Gasteiger partial charge in [0.15, 0.2) is 0 Å². The Balaban J connectivity index is 0.00000196. The van der Waals surface area contributed by atoms with E-state index in [1.165, 1.54) is 0 Å². The standard InChI is InChI=1S/C20H24N4O2.2ClH/c21-18-6-2-4-15(18)12-19(25)23-13-14-3-1-5-16(11-14)20(26)24-17-7-9-22-10-8-17;;/h1,3,5,7-11,15,18H,2,4,6,12-13,21H2,(H,23,25)(H,22,24,26);2*1H/t15-,18+;;/m0../s1. The van der Waals surface area contributed by atoms with E-state index in [4.69, 9.17) is 5.73 Å². The first kappa shape index (κ1) is 23.9. The first-order valence-electron chi connectivity index (χ1n) is 8.94. The zero-order valence-electron chi connectivity index (χ0n) is 15.5. The molecule has 2 aromatic rings. The number of hydrogen-bond acceptors (Lipinski definition) is 4. The summed E-state index contributed by atoms with van der Waals surface area (Å²) in [7, 11) is 0. The highest BCUT2D eigenvalue weighted by atomic mass is 35.5. The van der Waals surface area contributed by atoms with E-state index in [2.05, 4.69) is 15.6 Å². The summed E-state index contributed by atoms with van der Waals surface area (Å²) in [5.41, 5.74) is 8.15. The van der Waals surface area contributed by atoms with E-state index in [9.17, 15) is 9.59 Å². The van der Waals surface area contributed by atoms with Gasteiger partial charge in [-0.05, 0) is 48.6 Å². The number of amides is 2. The van der Waals surface area contributed by atoms with E-state index in [1.54, 1.807) is 36.7 Å². The predicted molar refractivity (Wildman–Crippen MR) is 115 cm³/mol. The van der Waals surface area contributed by atoms with Gasteiger partial charge in [-0.25, -0.2) is 0 Å². The van der Waals surface area contributed by atoms with Crippen molar-refractivity contribution in [3.05, 3.63) is 59.9 Å². The lowest BCUT2D eigenvalue weighted by Crippen LogP contribution is -2.31. The number of hydrogen-bond donors (Lipinski definition) is 3. The van der Waals surface area contributed by atoms with Gasteiger partial charge in [-0.1, -0.05) is 18.6 Å². The molecule has 2 amide bonds. The van der Waals surface area contributed by atoms with Crippen LogP contribution in [0.5, 0.6) is 0 Å². The van der Waals surface area contributed by atoms with Crippen molar-refractivity contribution in [3.63, 3.8) is 0 Å². The molecule has 1 saturated carbocycles. The zero-order chi connectivity index (χ0) is 18.4. The van der Waals surface area contributed by atoms with Gasteiger partial charge < -0.3 is 16.4 Å². The van der Waals surface area contributed by atoms with Crippen LogP contribution in [0, 0.1) is 5.92 Å². The molecule has 3 rings (SSSR count). The molecule has 0 spiro atoms. The van der Waals surface area contributed by atoms with E-state index in [1.807, 2.05) is 12.1 Å². The number of anilines is 1. The van der Waals surface area contributed by atoms with Crippen LogP contribution in [-0.4, -0.2) is 22.8 Å². The SMILES string of the molecule is Cl.Cl.N[C@@H]1CCC[C@H]1CC(=O)NCc1cccc(C(=O)Nc2ccncc2)c1. The van der Waals surface area contributed by atoms with Crippen molar-refractivity contribution in [2.45, 2.75) is 38.3 Å². The monoisotopic (exact) mass is 424 g/mol. The molecule has 2 atom stereocenters. The molecule has 1 aliphatic rings. The highest BCUT2D eigenvalue weighted by molar-refractivity contribution is 6.04. The lowest BCUT2D eigenvalue weighted by molar-refractivity contribution is -0.122. The Morgan fingerprint density at radius 2 is 1.86 bits per heavy atom. The minimum absolute atomic E-state index is 0. The largest absolute Gasteiger partial charge is 0.352 e. The lowest BCUT2D eigenvalue weighted by atomic mass is 10.00. The molecule has 1 aliphatic carbocycles. The van der Waals surface area contributed by atoms with Crippen molar-refractivity contribution in [2.75, 3.05) is 5.32 Å². The van der Waals surface area contributed by atoms with E-state index in [0.29, 0.717) is 24.2 Å². The van der Waals surface area contributed by atoms with E-state index in [-0.39, 0.29) is 48.6 Å². The first-order chi connectivity index (χ1) is 12.6. The lowest BCUT2D eigenvalue weighted by Gasteiger charge is -2.15. The summed E-state index contributed by atoms with van der Waals surface area (Å²) >= 11 is 0. The normalized spacial score (nSPS) is 17.8. The van der Waals surface area contributed by atoms with E-state index < -0.39 is 0 Å². The Hall–Kier alpha value is -2.15. The third-order valence-electron chi connectivity index (χ3n) is 4.78. The summed E-state index contributed by atoms with van der Waals surface area (Å²) < 4.78 is 0. The Kier molecular flexibility index (Phi) is 9.93. The van der Waals surface area contributed by atoms with Gasteiger partial charge >= 0.3 is 0 Å². The minimum atomic E-state index is -0.193. The second-order valence-corrected chi connectivity index (χ2v) is 6.73. The van der Waals surface area contributed by atoms with Gasteiger partial charge in [0.2, 0.25) is 5.91 Å². The first-order valence-corrected chi connectivity index (χ1v) is 8.94. The number of rotatable bonds is 6. The van der Waals surface area contributed by atoms with Gasteiger partial charge in [-0.3, -0.25) is 14.6 Å². The third kappa shape index (κ3) is 6.78. The molecule has 4 N–H and O–H groups in total. The Morgan fingerprint density at radius 1 is 1.11 bits per heavy atom. The fourth-order valence-electron chi connectivity index (χ4n) is 3.29. The quantitative estimate of drug-likeness (QED) is 0.662. The Morgan fingerprint density at radius 3 is 2.54 bits per heavy atom. The number of aromatic nitrogens is 1. The number of nitrogens with two attached hydrogens (primary N) is 1. The van der Waals surface area contributed by atoms with Crippen molar-refractivity contribution in [2.24, 2.45) is 11.7 Å². The predicted octanol–water partition coefficient (Wildman–Crippen LogP) is 3.31. The maximum Gasteiger partial charge on any atom is 0.255 e. The minimum Gasteiger partial charge on any atom is -0.352 e. The third-order valence-corrected chi connectivity index (χ3v) is 4.78. The molecule has 152 valence electrons. The van der Waals surface area contributed by atoms with Gasteiger partial charge in [-0.15, -0.1) is 24.8 Å². The molecule has 1 fully saturated rings. The van der Waals surface area contributed by atoms with Crippen LogP contribution in [0.2, 0.25) is 0 Å². The zero-order valence-corrected chi connectivity index (χ0v) is 17.1. The van der Waals surface area contributed by atoms with Crippen LogP contribution in [0.4, 0.5) is 5.69 Å². The topological polar surface area (TPSA) is 97.1 Å². The number of benzene rings is 1. The molecule has 0 unspecified atom stereocenters. The molecule has 0 saturated heterocycles. The van der Waals surface area contributed by atoms with Gasteiger partial charge in [-0.2, -0.15) is 0 Å². The molecule has 8 heteroatoms. The van der Waals surface area contributed by atoms with E-state index in [0.717, 1.165) is 24.8 Å². The summed E-state index contributed by atoms with van der Waals surface area (Å²) in [5, 5.41) is 5.75. The van der Waals surface area contributed by atoms with Crippen LogP contribution in [-0.2, 0) is 11.3 Å². The number of carbonyl (C=O) groups excluding carboxylic acids is 2. The summed E-state index contributed by atoms with van der Waals surface area (Å²) in [6, 6.07) is 10.9. The smallest absolute Gasteiger partial charge is 0.255 e. The fourth-order valence-corrected chi connectivity index (χ4v) is 3.29. The van der Waals surface area contributed by atoms with Crippen molar-refractivity contribution in [3.8, 4) is 0 Å². The summed E-state index contributed by atoms with van der Waals surface area (Å²) in [6.07, 6.45) is 6.86. The van der Waals surface area contributed by atoms with Crippen LogP contribution < -0.4 is 16.4 Å². The molecule has 1 aromatic carbocycles. The van der Waals surface area contributed by atoms with Crippen molar-refractivity contribution >= 4 is 42.3 Å². The Bertz CT molecular complexity index is 774. The molecule has 6 nitrogen and oxygen atoms in total. The van der Waals surface area contributed by atoms with Gasteiger partial charge in [0.25, 0.3) is 5.91 Å².